The predicted octanol–water partition coefficient (Wildman–Crippen LogP) is 3.79. The van der Waals surface area contributed by atoms with Crippen LogP contribution in [0.4, 0.5) is 10.1 Å². The van der Waals surface area contributed by atoms with Gasteiger partial charge in [0.15, 0.2) is 0 Å². The first-order chi connectivity index (χ1) is 9.08. The van der Waals surface area contributed by atoms with Gasteiger partial charge in [0.25, 0.3) is 0 Å². The molecule has 0 radical (unpaired) electrons. The van der Waals surface area contributed by atoms with E-state index in [4.69, 9.17) is 16.7 Å². The summed E-state index contributed by atoms with van der Waals surface area (Å²) in [7, 11) is 0. The van der Waals surface area contributed by atoms with Crippen molar-refractivity contribution in [3.05, 3.63) is 64.4 Å². The number of carbonyl (C=O) groups is 1. The highest BCUT2D eigenvalue weighted by molar-refractivity contribution is 6.31. The van der Waals surface area contributed by atoms with Crippen molar-refractivity contribution in [2.75, 3.05) is 5.32 Å². The van der Waals surface area contributed by atoms with Gasteiger partial charge in [-0.3, -0.25) is 0 Å². The van der Waals surface area contributed by atoms with Crippen LogP contribution in [-0.4, -0.2) is 11.1 Å². The SMILES string of the molecule is O=C(O)c1ccc(F)c(NCc2ccccc2Cl)c1. The second-order valence-corrected chi connectivity index (χ2v) is 4.35. The largest absolute Gasteiger partial charge is 0.478 e. The molecule has 2 N–H and O–H groups in total. The summed E-state index contributed by atoms with van der Waals surface area (Å²) in [6.07, 6.45) is 0. The molecule has 0 fully saturated rings. The van der Waals surface area contributed by atoms with Crippen molar-refractivity contribution >= 4 is 23.3 Å². The molecule has 0 aliphatic carbocycles. The van der Waals surface area contributed by atoms with Crippen molar-refractivity contribution in [3.8, 4) is 0 Å². The molecule has 0 amide bonds. The summed E-state index contributed by atoms with van der Waals surface area (Å²) in [5.74, 6) is -1.60. The lowest BCUT2D eigenvalue weighted by Crippen LogP contribution is -2.04. The molecule has 0 aromatic heterocycles. The lowest BCUT2D eigenvalue weighted by atomic mass is 10.1. The molecule has 5 heteroatoms. The Morgan fingerprint density at radius 2 is 2.00 bits per heavy atom. The zero-order chi connectivity index (χ0) is 13.8. The lowest BCUT2D eigenvalue weighted by Gasteiger charge is -2.09. The fraction of sp³-hybridized carbons (Fsp3) is 0.0714. The molecule has 0 aliphatic rings. The quantitative estimate of drug-likeness (QED) is 0.895. The highest BCUT2D eigenvalue weighted by atomic mass is 35.5. The van der Waals surface area contributed by atoms with E-state index in [-0.39, 0.29) is 11.3 Å². The molecule has 0 saturated heterocycles. The molecule has 0 spiro atoms. The predicted molar refractivity (Wildman–Crippen MR) is 72.1 cm³/mol. The number of anilines is 1. The number of benzene rings is 2. The lowest BCUT2D eigenvalue weighted by molar-refractivity contribution is 0.0697. The van der Waals surface area contributed by atoms with Crippen molar-refractivity contribution in [3.63, 3.8) is 0 Å². The van der Waals surface area contributed by atoms with Gasteiger partial charge in [-0.2, -0.15) is 0 Å². The van der Waals surface area contributed by atoms with Crippen LogP contribution in [0.5, 0.6) is 0 Å². The molecule has 2 aromatic carbocycles. The molecule has 0 atom stereocenters. The van der Waals surface area contributed by atoms with Crippen LogP contribution in [0.2, 0.25) is 5.02 Å². The third-order valence-corrected chi connectivity index (χ3v) is 3.01. The van der Waals surface area contributed by atoms with E-state index in [0.29, 0.717) is 11.6 Å². The van der Waals surface area contributed by atoms with Crippen LogP contribution in [0.3, 0.4) is 0 Å². The van der Waals surface area contributed by atoms with Gasteiger partial charge < -0.3 is 10.4 Å². The molecule has 2 rings (SSSR count). The monoisotopic (exact) mass is 279 g/mol. The molecule has 98 valence electrons. The van der Waals surface area contributed by atoms with Gasteiger partial charge in [-0.1, -0.05) is 29.8 Å². The number of rotatable bonds is 4. The summed E-state index contributed by atoms with van der Waals surface area (Å²) in [6, 6.07) is 10.8. The molecular formula is C14H11ClFNO2. The van der Waals surface area contributed by atoms with Crippen LogP contribution in [0.25, 0.3) is 0 Å². The molecule has 2 aromatic rings. The summed E-state index contributed by atoms with van der Waals surface area (Å²) in [4.78, 5) is 10.8. The minimum atomic E-state index is -1.10. The van der Waals surface area contributed by atoms with Crippen molar-refractivity contribution in [1.29, 1.82) is 0 Å². The van der Waals surface area contributed by atoms with E-state index in [9.17, 15) is 9.18 Å². The smallest absolute Gasteiger partial charge is 0.335 e. The molecule has 0 heterocycles. The summed E-state index contributed by atoms with van der Waals surface area (Å²) in [6.45, 7) is 0.319. The number of aromatic carboxylic acids is 1. The van der Waals surface area contributed by atoms with Crippen LogP contribution in [0, 0.1) is 5.82 Å². The molecular weight excluding hydrogens is 269 g/mol. The van der Waals surface area contributed by atoms with Crippen LogP contribution in [0.15, 0.2) is 42.5 Å². The maximum atomic E-state index is 13.5. The Labute approximate surface area is 114 Å². The van der Waals surface area contributed by atoms with Gasteiger partial charge in [-0.05, 0) is 29.8 Å². The van der Waals surface area contributed by atoms with E-state index in [1.165, 1.54) is 12.1 Å². The number of carboxylic acid groups (broad SMARTS) is 1. The Balaban J connectivity index is 2.17. The summed E-state index contributed by atoms with van der Waals surface area (Å²) in [5.41, 5.74) is 0.979. The summed E-state index contributed by atoms with van der Waals surface area (Å²) < 4.78 is 13.5. The number of hydrogen-bond acceptors (Lipinski definition) is 2. The zero-order valence-corrected chi connectivity index (χ0v) is 10.6. The van der Waals surface area contributed by atoms with E-state index in [2.05, 4.69) is 5.32 Å². The Hall–Kier alpha value is -2.07. The average molecular weight is 280 g/mol. The van der Waals surface area contributed by atoms with Crippen LogP contribution >= 0.6 is 11.6 Å². The second kappa shape index (κ2) is 5.71. The van der Waals surface area contributed by atoms with Gasteiger partial charge >= 0.3 is 5.97 Å². The van der Waals surface area contributed by atoms with E-state index in [1.54, 1.807) is 12.1 Å². The van der Waals surface area contributed by atoms with Crippen LogP contribution in [-0.2, 0) is 6.54 Å². The zero-order valence-electron chi connectivity index (χ0n) is 9.86. The maximum absolute atomic E-state index is 13.5. The standard InChI is InChI=1S/C14H11ClFNO2/c15-11-4-2-1-3-10(11)8-17-13-7-9(14(18)19)5-6-12(13)16/h1-7,17H,8H2,(H,18,19). The molecule has 0 aliphatic heterocycles. The molecule has 0 saturated carbocycles. The van der Waals surface area contributed by atoms with Gasteiger partial charge in [0.2, 0.25) is 0 Å². The highest BCUT2D eigenvalue weighted by Gasteiger charge is 2.08. The number of carboxylic acids is 1. The van der Waals surface area contributed by atoms with E-state index in [0.717, 1.165) is 11.6 Å². The van der Waals surface area contributed by atoms with Crippen molar-refractivity contribution in [2.24, 2.45) is 0 Å². The molecule has 0 bridgehead atoms. The van der Waals surface area contributed by atoms with Crippen molar-refractivity contribution in [2.45, 2.75) is 6.54 Å². The number of halogens is 2. The van der Waals surface area contributed by atoms with Gasteiger partial charge in [-0.15, -0.1) is 0 Å². The van der Waals surface area contributed by atoms with Gasteiger partial charge in [0.1, 0.15) is 5.82 Å². The Kier molecular flexibility index (Phi) is 4.02. The third-order valence-electron chi connectivity index (χ3n) is 2.64. The first-order valence-electron chi connectivity index (χ1n) is 5.58. The maximum Gasteiger partial charge on any atom is 0.335 e. The van der Waals surface area contributed by atoms with E-state index in [1.807, 2.05) is 12.1 Å². The Morgan fingerprint density at radius 3 is 2.68 bits per heavy atom. The molecule has 0 unspecified atom stereocenters. The second-order valence-electron chi connectivity index (χ2n) is 3.94. The Bertz CT molecular complexity index is 616. The van der Waals surface area contributed by atoms with E-state index < -0.39 is 11.8 Å². The van der Waals surface area contributed by atoms with Crippen LogP contribution < -0.4 is 5.32 Å². The van der Waals surface area contributed by atoms with Gasteiger partial charge in [0.05, 0.1) is 11.3 Å². The van der Waals surface area contributed by atoms with Crippen molar-refractivity contribution < 1.29 is 14.3 Å². The Morgan fingerprint density at radius 1 is 1.26 bits per heavy atom. The average Bonchev–Trinajstić information content (AvgIpc) is 2.39. The normalized spacial score (nSPS) is 10.2. The van der Waals surface area contributed by atoms with E-state index >= 15 is 0 Å². The summed E-state index contributed by atoms with van der Waals surface area (Å²) in [5, 5.41) is 12.3. The fourth-order valence-electron chi connectivity index (χ4n) is 1.63. The van der Waals surface area contributed by atoms with Gasteiger partial charge in [0, 0.05) is 11.6 Å². The fourth-order valence-corrected chi connectivity index (χ4v) is 1.83. The highest BCUT2D eigenvalue weighted by Crippen LogP contribution is 2.20. The summed E-state index contributed by atoms with van der Waals surface area (Å²) >= 11 is 5.98. The third kappa shape index (κ3) is 3.23. The first kappa shape index (κ1) is 13.4. The molecule has 3 nitrogen and oxygen atoms in total. The minimum Gasteiger partial charge on any atom is -0.478 e. The number of hydrogen-bond donors (Lipinski definition) is 2. The first-order valence-corrected chi connectivity index (χ1v) is 5.96. The van der Waals surface area contributed by atoms with Gasteiger partial charge in [-0.25, -0.2) is 9.18 Å². The molecule has 19 heavy (non-hydrogen) atoms. The van der Waals surface area contributed by atoms with Crippen molar-refractivity contribution in [1.82, 2.24) is 0 Å². The number of nitrogens with one attached hydrogen (secondary N) is 1. The van der Waals surface area contributed by atoms with Crippen LogP contribution in [0.1, 0.15) is 15.9 Å². The topological polar surface area (TPSA) is 49.3 Å². The minimum absolute atomic E-state index is 0.0306.